The van der Waals surface area contributed by atoms with E-state index in [1.54, 1.807) is 60.7 Å². The SMILES string of the molecule is CCOc1cc(/C=C2\SC(=O)N(c3cccc(Cl)c3)C2=O)ccc1OC(=O)c1ccccc1I. The van der Waals surface area contributed by atoms with Gasteiger partial charge in [-0.25, -0.2) is 9.69 Å². The van der Waals surface area contributed by atoms with Crippen molar-refractivity contribution in [1.29, 1.82) is 0 Å². The summed E-state index contributed by atoms with van der Waals surface area (Å²) in [4.78, 5) is 39.4. The fourth-order valence-corrected chi connectivity index (χ4v) is 4.84. The second-order valence-electron chi connectivity index (χ2n) is 7.01. The third kappa shape index (κ3) is 5.29. The Balaban J connectivity index is 1.60. The minimum Gasteiger partial charge on any atom is -0.490 e. The maximum atomic E-state index is 12.9. The van der Waals surface area contributed by atoms with Gasteiger partial charge in [0.2, 0.25) is 0 Å². The van der Waals surface area contributed by atoms with E-state index in [0.29, 0.717) is 34.2 Å². The molecule has 1 fully saturated rings. The predicted octanol–water partition coefficient (Wildman–Crippen LogP) is 6.80. The fourth-order valence-electron chi connectivity index (χ4n) is 3.21. The van der Waals surface area contributed by atoms with E-state index in [1.165, 1.54) is 0 Å². The average molecular weight is 606 g/mol. The molecule has 0 aromatic heterocycles. The number of benzene rings is 3. The Morgan fingerprint density at radius 1 is 1.06 bits per heavy atom. The third-order valence-corrected chi connectivity index (χ3v) is 6.77. The summed E-state index contributed by atoms with van der Waals surface area (Å²) in [5.41, 5.74) is 1.48. The van der Waals surface area contributed by atoms with Crippen LogP contribution in [-0.2, 0) is 4.79 Å². The van der Waals surface area contributed by atoms with Crippen LogP contribution in [0.4, 0.5) is 10.5 Å². The molecule has 2 amide bonds. The first-order chi connectivity index (χ1) is 16.4. The third-order valence-electron chi connectivity index (χ3n) is 4.72. The standard InChI is InChI=1S/C25H17ClINO5S/c1-2-32-21-12-15(10-11-20(21)33-24(30)18-8-3-4-9-19(18)27)13-22-23(29)28(25(31)34-22)17-7-5-6-16(26)14-17/h3-14H,2H2,1H3/b22-13-. The van der Waals surface area contributed by atoms with Gasteiger partial charge >= 0.3 is 5.97 Å². The van der Waals surface area contributed by atoms with Crippen LogP contribution >= 0.6 is 46.0 Å². The molecule has 6 nitrogen and oxygen atoms in total. The van der Waals surface area contributed by atoms with E-state index in [0.717, 1.165) is 20.2 Å². The number of amides is 2. The van der Waals surface area contributed by atoms with Crippen LogP contribution in [0.5, 0.6) is 11.5 Å². The summed E-state index contributed by atoms with van der Waals surface area (Å²) in [6.07, 6.45) is 1.60. The quantitative estimate of drug-likeness (QED) is 0.133. The van der Waals surface area contributed by atoms with Crippen molar-refractivity contribution in [2.75, 3.05) is 11.5 Å². The zero-order valence-corrected chi connectivity index (χ0v) is 21.5. The molecule has 1 heterocycles. The minimum atomic E-state index is -0.499. The van der Waals surface area contributed by atoms with Crippen LogP contribution in [0.1, 0.15) is 22.8 Å². The second-order valence-corrected chi connectivity index (χ2v) is 9.60. The molecule has 0 unspecified atom stereocenters. The van der Waals surface area contributed by atoms with E-state index in [4.69, 9.17) is 21.1 Å². The van der Waals surface area contributed by atoms with Gasteiger partial charge in [-0.15, -0.1) is 0 Å². The van der Waals surface area contributed by atoms with Crippen molar-refractivity contribution in [3.63, 3.8) is 0 Å². The van der Waals surface area contributed by atoms with Crippen molar-refractivity contribution in [3.8, 4) is 11.5 Å². The van der Waals surface area contributed by atoms with Crippen molar-refractivity contribution < 1.29 is 23.9 Å². The first-order valence-electron chi connectivity index (χ1n) is 10.1. The monoisotopic (exact) mass is 605 g/mol. The lowest BCUT2D eigenvalue weighted by Crippen LogP contribution is -2.27. The topological polar surface area (TPSA) is 72.9 Å². The van der Waals surface area contributed by atoms with Gasteiger partial charge in [0.1, 0.15) is 0 Å². The number of carbonyl (C=O) groups excluding carboxylic acids is 3. The molecule has 4 rings (SSSR count). The zero-order valence-electron chi connectivity index (χ0n) is 17.8. The largest absolute Gasteiger partial charge is 0.490 e. The van der Waals surface area contributed by atoms with Crippen LogP contribution in [0.15, 0.2) is 71.6 Å². The Labute approximate surface area is 219 Å². The van der Waals surface area contributed by atoms with Gasteiger partial charge in [-0.3, -0.25) is 9.59 Å². The lowest BCUT2D eigenvalue weighted by atomic mass is 10.1. The molecular formula is C25H17ClINO5S. The molecule has 3 aromatic carbocycles. The molecule has 0 atom stereocenters. The van der Waals surface area contributed by atoms with E-state index >= 15 is 0 Å². The van der Waals surface area contributed by atoms with E-state index in [-0.39, 0.29) is 10.7 Å². The minimum absolute atomic E-state index is 0.260. The van der Waals surface area contributed by atoms with Gasteiger partial charge in [0.25, 0.3) is 11.1 Å². The molecule has 34 heavy (non-hydrogen) atoms. The molecule has 1 aliphatic rings. The Morgan fingerprint density at radius 3 is 2.59 bits per heavy atom. The molecule has 1 saturated heterocycles. The van der Waals surface area contributed by atoms with Gasteiger partial charge in [-0.1, -0.05) is 35.9 Å². The molecule has 0 spiro atoms. The highest BCUT2D eigenvalue weighted by Crippen LogP contribution is 2.37. The second kappa shape index (κ2) is 10.6. The van der Waals surface area contributed by atoms with Crippen molar-refractivity contribution in [3.05, 3.63) is 91.4 Å². The van der Waals surface area contributed by atoms with Crippen LogP contribution < -0.4 is 14.4 Å². The summed E-state index contributed by atoms with van der Waals surface area (Å²) in [6.45, 7) is 2.16. The maximum absolute atomic E-state index is 12.9. The zero-order chi connectivity index (χ0) is 24.2. The number of halogens is 2. The molecule has 0 N–H and O–H groups in total. The van der Waals surface area contributed by atoms with Crippen molar-refractivity contribution in [2.45, 2.75) is 6.92 Å². The van der Waals surface area contributed by atoms with Crippen LogP contribution in [0.25, 0.3) is 6.08 Å². The van der Waals surface area contributed by atoms with Gasteiger partial charge in [-0.05, 0) is 95.4 Å². The highest BCUT2D eigenvalue weighted by atomic mass is 127. The molecule has 0 saturated carbocycles. The van der Waals surface area contributed by atoms with Crippen LogP contribution in [0.3, 0.4) is 0 Å². The summed E-state index contributed by atoms with van der Waals surface area (Å²) in [5.74, 6) is -0.328. The molecule has 0 bridgehead atoms. The van der Waals surface area contributed by atoms with Crippen LogP contribution in [0.2, 0.25) is 5.02 Å². The maximum Gasteiger partial charge on any atom is 0.344 e. The van der Waals surface area contributed by atoms with Gasteiger partial charge in [-0.2, -0.15) is 0 Å². The number of anilines is 1. The molecule has 9 heteroatoms. The molecule has 172 valence electrons. The number of ether oxygens (including phenoxy) is 2. The van der Waals surface area contributed by atoms with E-state index in [1.807, 2.05) is 19.1 Å². The van der Waals surface area contributed by atoms with E-state index in [9.17, 15) is 14.4 Å². The van der Waals surface area contributed by atoms with Crippen molar-refractivity contribution in [2.24, 2.45) is 0 Å². The predicted molar refractivity (Wildman–Crippen MR) is 142 cm³/mol. The molecular weight excluding hydrogens is 589 g/mol. The molecule has 1 aliphatic heterocycles. The first kappa shape index (κ1) is 24.3. The highest BCUT2D eigenvalue weighted by Gasteiger charge is 2.36. The van der Waals surface area contributed by atoms with Gasteiger partial charge in [0, 0.05) is 8.59 Å². The van der Waals surface area contributed by atoms with Gasteiger partial charge in [0.15, 0.2) is 11.5 Å². The summed E-state index contributed by atoms with van der Waals surface area (Å²) < 4.78 is 12.0. The normalized spacial score (nSPS) is 14.6. The van der Waals surface area contributed by atoms with Crippen LogP contribution in [-0.4, -0.2) is 23.7 Å². The number of hydrogen-bond acceptors (Lipinski definition) is 6. The van der Waals surface area contributed by atoms with Crippen molar-refractivity contribution >= 4 is 74.8 Å². The smallest absolute Gasteiger partial charge is 0.344 e. The molecule has 0 aliphatic carbocycles. The van der Waals surface area contributed by atoms with Crippen molar-refractivity contribution in [1.82, 2.24) is 0 Å². The summed E-state index contributed by atoms with van der Waals surface area (Å²) in [7, 11) is 0. The Kier molecular flexibility index (Phi) is 7.60. The summed E-state index contributed by atoms with van der Waals surface area (Å²) in [6, 6.07) is 18.6. The van der Waals surface area contributed by atoms with E-state index < -0.39 is 17.1 Å². The number of hydrogen-bond donors (Lipinski definition) is 0. The summed E-state index contributed by atoms with van der Waals surface area (Å²) >= 11 is 8.92. The Morgan fingerprint density at radius 2 is 1.85 bits per heavy atom. The highest BCUT2D eigenvalue weighted by molar-refractivity contribution is 14.1. The lowest BCUT2D eigenvalue weighted by Gasteiger charge is -2.13. The average Bonchev–Trinajstić information content (AvgIpc) is 3.08. The molecule has 3 aromatic rings. The molecule has 0 radical (unpaired) electrons. The number of carbonyl (C=O) groups is 3. The fraction of sp³-hybridized carbons (Fsp3) is 0.0800. The number of rotatable bonds is 6. The number of thioether (sulfide) groups is 1. The number of nitrogens with zero attached hydrogens (tertiary/aromatic N) is 1. The number of esters is 1. The van der Waals surface area contributed by atoms with Crippen LogP contribution in [0, 0.1) is 3.57 Å². The first-order valence-corrected chi connectivity index (χ1v) is 12.4. The lowest BCUT2D eigenvalue weighted by molar-refractivity contribution is -0.113. The van der Waals surface area contributed by atoms with Gasteiger partial charge < -0.3 is 9.47 Å². The number of imide groups is 1. The Hall–Kier alpha value is -2.82. The van der Waals surface area contributed by atoms with Gasteiger partial charge in [0.05, 0.1) is 22.8 Å². The van der Waals surface area contributed by atoms with E-state index in [2.05, 4.69) is 22.6 Å². The summed E-state index contributed by atoms with van der Waals surface area (Å²) in [5, 5.41) is 0.0174. The Bertz CT molecular complexity index is 1330.